The highest BCUT2D eigenvalue weighted by atomic mass is 32.2. The van der Waals surface area contributed by atoms with E-state index in [9.17, 15) is 0 Å². The van der Waals surface area contributed by atoms with Crippen molar-refractivity contribution in [3.8, 4) is 11.5 Å². The van der Waals surface area contributed by atoms with Crippen molar-refractivity contribution in [2.45, 2.75) is 19.5 Å². The number of nitrogens with zero attached hydrogens (tertiary/aromatic N) is 2. The van der Waals surface area contributed by atoms with E-state index in [4.69, 9.17) is 14.5 Å². The quantitative estimate of drug-likeness (QED) is 0.777. The summed E-state index contributed by atoms with van der Waals surface area (Å²) in [6.45, 7) is 2.59. The van der Waals surface area contributed by atoms with Gasteiger partial charge in [0.25, 0.3) is 0 Å². The Bertz CT molecular complexity index is 649. The van der Waals surface area contributed by atoms with E-state index in [1.165, 1.54) is 11.1 Å². The summed E-state index contributed by atoms with van der Waals surface area (Å²) in [6.07, 6.45) is 1.16. The topological polar surface area (TPSA) is 34.1 Å². The number of benzene rings is 2. The van der Waals surface area contributed by atoms with E-state index >= 15 is 0 Å². The zero-order chi connectivity index (χ0) is 17.5. The normalized spacial score (nSPS) is 13.9. The van der Waals surface area contributed by atoms with Crippen LogP contribution in [0.3, 0.4) is 0 Å². The van der Waals surface area contributed by atoms with Crippen LogP contribution in [-0.4, -0.2) is 36.6 Å². The molecule has 0 saturated heterocycles. The van der Waals surface area contributed by atoms with E-state index in [2.05, 4.69) is 29.2 Å². The fourth-order valence-electron chi connectivity index (χ4n) is 2.73. The van der Waals surface area contributed by atoms with E-state index in [1.54, 1.807) is 14.2 Å². The van der Waals surface area contributed by atoms with Gasteiger partial charge in [0.15, 0.2) is 5.17 Å². The molecule has 1 heterocycles. The molecule has 0 aliphatic carbocycles. The maximum Gasteiger partial charge on any atom is 0.159 e. The maximum atomic E-state index is 5.25. The second kappa shape index (κ2) is 8.81. The number of thioether (sulfide) groups is 1. The van der Waals surface area contributed by atoms with Crippen LogP contribution in [-0.2, 0) is 13.1 Å². The molecule has 0 atom stereocenters. The number of rotatable bonds is 6. The molecule has 1 aliphatic heterocycles. The molecule has 3 rings (SSSR count). The van der Waals surface area contributed by atoms with Crippen LogP contribution in [0.1, 0.15) is 17.5 Å². The Labute approximate surface area is 153 Å². The molecule has 132 valence electrons. The third-order valence-electron chi connectivity index (χ3n) is 4.12. The van der Waals surface area contributed by atoms with Gasteiger partial charge >= 0.3 is 0 Å². The third-order valence-corrected chi connectivity index (χ3v) is 5.25. The van der Waals surface area contributed by atoms with Crippen LogP contribution >= 0.6 is 11.8 Å². The molecule has 2 aromatic carbocycles. The van der Waals surface area contributed by atoms with Crippen LogP contribution in [0, 0.1) is 0 Å². The van der Waals surface area contributed by atoms with Gasteiger partial charge in [0, 0.05) is 25.4 Å². The summed E-state index contributed by atoms with van der Waals surface area (Å²) < 4.78 is 10.5. The Morgan fingerprint density at radius 2 is 1.40 bits per heavy atom. The highest BCUT2D eigenvalue weighted by Crippen LogP contribution is 2.22. The van der Waals surface area contributed by atoms with Crippen molar-refractivity contribution in [2.75, 3.05) is 26.5 Å². The summed E-state index contributed by atoms with van der Waals surface area (Å²) in [5, 5.41) is 1.14. The summed E-state index contributed by atoms with van der Waals surface area (Å²) >= 11 is 1.85. The fourth-order valence-corrected chi connectivity index (χ4v) is 3.68. The molecule has 0 unspecified atom stereocenters. The van der Waals surface area contributed by atoms with Gasteiger partial charge in [-0.2, -0.15) is 0 Å². The lowest BCUT2D eigenvalue weighted by Gasteiger charge is -2.28. The van der Waals surface area contributed by atoms with Crippen LogP contribution in [0.2, 0.25) is 0 Å². The van der Waals surface area contributed by atoms with Crippen molar-refractivity contribution in [2.24, 2.45) is 4.99 Å². The van der Waals surface area contributed by atoms with Gasteiger partial charge in [-0.15, -0.1) is 0 Å². The van der Waals surface area contributed by atoms with Crippen molar-refractivity contribution in [3.63, 3.8) is 0 Å². The minimum Gasteiger partial charge on any atom is -0.497 e. The first-order valence-electron chi connectivity index (χ1n) is 8.46. The van der Waals surface area contributed by atoms with Crippen LogP contribution in [0.4, 0.5) is 0 Å². The van der Waals surface area contributed by atoms with Gasteiger partial charge in [-0.25, -0.2) is 0 Å². The van der Waals surface area contributed by atoms with Crippen molar-refractivity contribution in [3.05, 3.63) is 59.7 Å². The minimum atomic E-state index is 0.835. The highest BCUT2D eigenvalue weighted by molar-refractivity contribution is 8.13. The lowest BCUT2D eigenvalue weighted by atomic mass is 10.1. The Morgan fingerprint density at radius 3 is 1.80 bits per heavy atom. The van der Waals surface area contributed by atoms with Gasteiger partial charge in [-0.05, 0) is 41.8 Å². The number of hydrogen-bond acceptors (Lipinski definition) is 5. The van der Waals surface area contributed by atoms with E-state index in [-0.39, 0.29) is 0 Å². The lowest BCUT2D eigenvalue weighted by molar-refractivity contribution is 0.404. The zero-order valence-electron chi connectivity index (χ0n) is 14.8. The molecule has 0 N–H and O–H groups in total. The summed E-state index contributed by atoms with van der Waals surface area (Å²) in [7, 11) is 3.39. The molecule has 1 aliphatic rings. The largest absolute Gasteiger partial charge is 0.497 e. The van der Waals surface area contributed by atoms with Crippen LogP contribution in [0.25, 0.3) is 0 Å². The molecule has 0 spiro atoms. The van der Waals surface area contributed by atoms with Crippen molar-refractivity contribution >= 4 is 16.9 Å². The van der Waals surface area contributed by atoms with Gasteiger partial charge in [0.05, 0.1) is 14.2 Å². The monoisotopic (exact) mass is 356 g/mol. The average Bonchev–Trinajstić information content (AvgIpc) is 2.69. The van der Waals surface area contributed by atoms with E-state index < -0.39 is 0 Å². The molecule has 0 saturated carbocycles. The summed E-state index contributed by atoms with van der Waals surface area (Å²) in [4.78, 5) is 7.10. The van der Waals surface area contributed by atoms with E-state index in [1.807, 2.05) is 36.0 Å². The number of ether oxygens (including phenoxy) is 2. The molecule has 0 fully saturated rings. The average molecular weight is 356 g/mol. The van der Waals surface area contributed by atoms with Gasteiger partial charge in [-0.3, -0.25) is 4.99 Å². The molecule has 5 heteroatoms. The molecule has 0 amide bonds. The number of aliphatic imine (C=N–C) groups is 1. The maximum absolute atomic E-state index is 5.25. The first-order valence-corrected chi connectivity index (χ1v) is 9.45. The Balaban J connectivity index is 1.77. The predicted octanol–water partition coefficient (Wildman–Crippen LogP) is 4.20. The molecular weight excluding hydrogens is 332 g/mol. The number of amidine groups is 1. The van der Waals surface area contributed by atoms with Gasteiger partial charge in [-0.1, -0.05) is 36.0 Å². The second-order valence-electron chi connectivity index (χ2n) is 5.92. The van der Waals surface area contributed by atoms with Crippen LogP contribution < -0.4 is 9.47 Å². The number of hydrogen-bond donors (Lipinski definition) is 0. The fraction of sp³-hybridized carbons (Fsp3) is 0.350. The zero-order valence-corrected chi connectivity index (χ0v) is 15.6. The predicted molar refractivity (Wildman–Crippen MR) is 105 cm³/mol. The lowest BCUT2D eigenvalue weighted by Crippen LogP contribution is -2.30. The molecular formula is C20H24N2O2S. The molecule has 0 bridgehead atoms. The van der Waals surface area contributed by atoms with Crippen LogP contribution in [0.15, 0.2) is 53.5 Å². The molecule has 0 aromatic heterocycles. The molecule has 0 radical (unpaired) electrons. The van der Waals surface area contributed by atoms with Gasteiger partial charge in [0.2, 0.25) is 0 Å². The Kier molecular flexibility index (Phi) is 6.23. The first kappa shape index (κ1) is 17.7. The van der Waals surface area contributed by atoms with Crippen molar-refractivity contribution < 1.29 is 9.47 Å². The van der Waals surface area contributed by atoms with Crippen molar-refractivity contribution in [1.82, 2.24) is 4.90 Å². The Morgan fingerprint density at radius 1 is 0.880 bits per heavy atom. The van der Waals surface area contributed by atoms with Crippen molar-refractivity contribution in [1.29, 1.82) is 0 Å². The van der Waals surface area contributed by atoms with E-state index in [0.717, 1.165) is 48.5 Å². The molecule has 4 nitrogen and oxygen atoms in total. The minimum absolute atomic E-state index is 0.835. The van der Waals surface area contributed by atoms with Crippen LogP contribution in [0.5, 0.6) is 11.5 Å². The first-order chi connectivity index (χ1) is 12.3. The standard InChI is InChI=1S/C20H24N2O2S/c1-23-18-8-4-16(5-9-18)14-22(20-21-12-3-13-25-20)15-17-6-10-19(24-2)11-7-17/h4-11H,3,12-15H2,1-2H3. The Hall–Kier alpha value is -2.14. The second-order valence-corrected chi connectivity index (χ2v) is 6.98. The van der Waals surface area contributed by atoms with Gasteiger partial charge < -0.3 is 14.4 Å². The summed E-state index contributed by atoms with van der Waals surface area (Å²) in [5.74, 6) is 2.91. The highest BCUT2D eigenvalue weighted by Gasteiger charge is 2.16. The number of methoxy groups -OCH3 is 2. The third kappa shape index (κ3) is 4.92. The summed E-state index contributed by atoms with van der Waals surface area (Å²) in [5.41, 5.74) is 2.51. The SMILES string of the molecule is COc1ccc(CN(Cc2ccc(OC)cc2)C2=NCCCS2)cc1. The molecule has 2 aromatic rings. The smallest absolute Gasteiger partial charge is 0.159 e. The van der Waals surface area contributed by atoms with E-state index in [0.29, 0.717) is 0 Å². The van der Waals surface area contributed by atoms with Gasteiger partial charge in [0.1, 0.15) is 11.5 Å². The summed E-state index contributed by atoms with van der Waals surface area (Å²) in [6, 6.07) is 16.5. The molecule has 25 heavy (non-hydrogen) atoms.